The summed E-state index contributed by atoms with van der Waals surface area (Å²) in [7, 11) is 0. The maximum atomic E-state index is 11.3. The summed E-state index contributed by atoms with van der Waals surface area (Å²) < 4.78 is 0. The van der Waals surface area contributed by atoms with Crippen molar-refractivity contribution in [3.63, 3.8) is 0 Å². The van der Waals surface area contributed by atoms with Crippen LogP contribution in [0, 0.1) is 24.0 Å². The molecule has 108 valence electrons. The smallest absolute Gasteiger partial charge is 0.338 e. The minimum absolute atomic E-state index is 0.0139. The van der Waals surface area contributed by atoms with Gasteiger partial charge >= 0.3 is 5.97 Å². The Morgan fingerprint density at radius 3 is 2.33 bits per heavy atom. The molecule has 2 aromatic carbocycles. The second-order valence-corrected chi connectivity index (χ2v) is 4.76. The Kier molecular flexibility index (Phi) is 3.89. The minimum Gasteiger partial charge on any atom is -0.478 e. The maximum absolute atomic E-state index is 11.3. The van der Waals surface area contributed by atoms with E-state index in [9.17, 15) is 20.0 Å². The molecule has 2 N–H and O–H groups in total. The summed E-state index contributed by atoms with van der Waals surface area (Å²) in [6.07, 6.45) is 0. The van der Waals surface area contributed by atoms with Gasteiger partial charge in [0.15, 0.2) is 0 Å². The fraction of sp³-hybridized carbons (Fsp3) is 0.133. The number of aryl methyl sites for hydroxylation is 2. The summed E-state index contributed by atoms with van der Waals surface area (Å²) in [6.45, 7) is 3.80. The van der Waals surface area contributed by atoms with Gasteiger partial charge in [0.1, 0.15) is 5.69 Å². The van der Waals surface area contributed by atoms with E-state index in [1.165, 1.54) is 18.2 Å². The van der Waals surface area contributed by atoms with E-state index in [1.807, 2.05) is 19.9 Å². The lowest BCUT2D eigenvalue weighted by Crippen LogP contribution is -2.06. The van der Waals surface area contributed by atoms with Gasteiger partial charge in [0.2, 0.25) is 0 Å². The molecule has 0 saturated heterocycles. The Labute approximate surface area is 121 Å². The van der Waals surface area contributed by atoms with Crippen molar-refractivity contribution in [1.29, 1.82) is 0 Å². The zero-order valence-corrected chi connectivity index (χ0v) is 11.6. The van der Waals surface area contributed by atoms with Crippen molar-refractivity contribution >= 4 is 23.0 Å². The summed E-state index contributed by atoms with van der Waals surface area (Å²) in [5.74, 6) is -1.22. The predicted molar refractivity (Wildman–Crippen MR) is 79.3 cm³/mol. The molecule has 0 fully saturated rings. The number of anilines is 2. The van der Waals surface area contributed by atoms with Crippen molar-refractivity contribution in [2.24, 2.45) is 0 Å². The van der Waals surface area contributed by atoms with E-state index in [4.69, 9.17) is 0 Å². The number of hydrogen-bond acceptors (Lipinski definition) is 4. The maximum Gasteiger partial charge on any atom is 0.338 e. The molecule has 0 saturated carbocycles. The Morgan fingerprint density at radius 2 is 1.81 bits per heavy atom. The number of aromatic carboxylic acids is 1. The molecule has 0 spiro atoms. The third-order valence-corrected chi connectivity index (χ3v) is 2.96. The Hall–Kier alpha value is -2.89. The minimum atomic E-state index is -1.22. The van der Waals surface area contributed by atoms with Gasteiger partial charge in [-0.3, -0.25) is 10.1 Å². The molecule has 0 heterocycles. The lowest BCUT2D eigenvalue weighted by atomic mass is 10.1. The van der Waals surface area contributed by atoms with Crippen LogP contribution in [0.25, 0.3) is 0 Å². The molecule has 21 heavy (non-hydrogen) atoms. The van der Waals surface area contributed by atoms with Gasteiger partial charge in [0, 0.05) is 11.8 Å². The number of para-hydroxylation sites is 1. The van der Waals surface area contributed by atoms with Crippen LogP contribution in [0.4, 0.5) is 17.1 Å². The first-order valence-electron chi connectivity index (χ1n) is 6.24. The highest BCUT2D eigenvalue weighted by molar-refractivity contribution is 5.98. The molecule has 0 atom stereocenters. The molecule has 0 aliphatic carbocycles. The van der Waals surface area contributed by atoms with Crippen LogP contribution in [-0.2, 0) is 0 Å². The zero-order chi connectivity index (χ0) is 15.6. The van der Waals surface area contributed by atoms with Crippen LogP contribution in [0.15, 0.2) is 36.4 Å². The second kappa shape index (κ2) is 5.62. The number of nitro groups is 1. The number of nitrogens with one attached hydrogen (secondary N) is 1. The van der Waals surface area contributed by atoms with E-state index in [-0.39, 0.29) is 16.9 Å². The monoisotopic (exact) mass is 286 g/mol. The normalized spacial score (nSPS) is 10.2. The van der Waals surface area contributed by atoms with E-state index >= 15 is 0 Å². The average Bonchev–Trinajstić information content (AvgIpc) is 2.37. The van der Waals surface area contributed by atoms with Crippen molar-refractivity contribution in [2.45, 2.75) is 13.8 Å². The van der Waals surface area contributed by atoms with Gasteiger partial charge in [-0.2, -0.15) is 0 Å². The second-order valence-electron chi connectivity index (χ2n) is 4.76. The SMILES string of the molecule is Cc1cc(C)cc(Nc2c(C(=O)O)cccc2[N+](=O)[O-])c1. The number of benzene rings is 2. The van der Waals surface area contributed by atoms with Crippen LogP contribution in [0.5, 0.6) is 0 Å². The number of nitro benzene ring substituents is 1. The number of rotatable bonds is 4. The van der Waals surface area contributed by atoms with Crippen molar-refractivity contribution in [3.8, 4) is 0 Å². The van der Waals surface area contributed by atoms with Gasteiger partial charge < -0.3 is 10.4 Å². The summed E-state index contributed by atoms with van der Waals surface area (Å²) in [5, 5.41) is 23.2. The quantitative estimate of drug-likeness (QED) is 0.661. The Morgan fingerprint density at radius 1 is 1.19 bits per heavy atom. The molecule has 0 aliphatic rings. The molecule has 6 heteroatoms. The van der Waals surface area contributed by atoms with E-state index in [1.54, 1.807) is 12.1 Å². The van der Waals surface area contributed by atoms with E-state index in [0.717, 1.165) is 11.1 Å². The first kappa shape index (κ1) is 14.5. The number of hydrogen-bond donors (Lipinski definition) is 2. The fourth-order valence-corrected chi connectivity index (χ4v) is 2.19. The van der Waals surface area contributed by atoms with Crippen molar-refractivity contribution < 1.29 is 14.8 Å². The molecule has 6 nitrogen and oxygen atoms in total. The van der Waals surface area contributed by atoms with Gasteiger partial charge in [-0.15, -0.1) is 0 Å². The summed E-state index contributed by atoms with van der Waals surface area (Å²) in [5.41, 5.74) is 2.16. The third-order valence-electron chi connectivity index (χ3n) is 2.96. The lowest BCUT2D eigenvalue weighted by Gasteiger charge is -2.11. The molecular formula is C15H14N2O4. The highest BCUT2D eigenvalue weighted by Crippen LogP contribution is 2.31. The highest BCUT2D eigenvalue weighted by atomic mass is 16.6. The molecule has 0 bridgehead atoms. The van der Waals surface area contributed by atoms with Crippen molar-refractivity contribution in [3.05, 3.63) is 63.2 Å². The number of carboxylic acids is 1. The highest BCUT2D eigenvalue weighted by Gasteiger charge is 2.21. The summed E-state index contributed by atoms with van der Waals surface area (Å²) in [6, 6.07) is 9.53. The fourth-order valence-electron chi connectivity index (χ4n) is 2.19. The molecule has 0 unspecified atom stereocenters. The van der Waals surface area contributed by atoms with Crippen LogP contribution < -0.4 is 5.32 Å². The van der Waals surface area contributed by atoms with Crippen LogP contribution in [0.2, 0.25) is 0 Å². The van der Waals surface area contributed by atoms with E-state index in [0.29, 0.717) is 5.69 Å². The van der Waals surface area contributed by atoms with E-state index in [2.05, 4.69) is 5.32 Å². The largest absolute Gasteiger partial charge is 0.478 e. The van der Waals surface area contributed by atoms with Gasteiger partial charge in [-0.1, -0.05) is 12.1 Å². The van der Waals surface area contributed by atoms with E-state index < -0.39 is 10.9 Å². The van der Waals surface area contributed by atoms with Crippen molar-refractivity contribution in [1.82, 2.24) is 0 Å². The lowest BCUT2D eigenvalue weighted by molar-refractivity contribution is -0.383. The number of carboxylic acid groups (broad SMARTS) is 1. The van der Waals surface area contributed by atoms with Gasteiger partial charge in [-0.05, 0) is 43.2 Å². The number of carbonyl (C=O) groups is 1. The van der Waals surface area contributed by atoms with Crippen LogP contribution >= 0.6 is 0 Å². The average molecular weight is 286 g/mol. The van der Waals surface area contributed by atoms with Crippen LogP contribution in [0.3, 0.4) is 0 Å². The molecule has 0 amide bonds. The van der Waals surface area contributed by atoms with Crippen LogP contribution in [-0.4, -0.2) is 16.0 Å². The predicted octanol–water partition coefficient (Wildman–Crippen LogP) is 3.65. The molecule has 0 radical (unpaired) electrons. The Balaban J connectivity index is 2.56. The van der Waals surface area contributed by atoms with Gasteiger partial charge in [0.05, 0.1) is 10.5 Å². The summed E-state index contributed by atoms with van der Waals surface area (Å²) in [4.78, 5) is 21.8. The van der Waals surface area contributed by atoms with Crippen molar-refractivity contribution in [2.75, 3.05) is 5.32 Å². The van der Waals surface area contributed by atoms with Gasteiger partial charge in [-0.25, -0.2) is 4.79 Å². The van der Waals surface area contributed by atoms with Gasteiger partial charge in [0.25, 0.3) is 5.69 Å². The molecule has 0 aromatic heterocycles. The Bertz CT molecular complexity index is 673. The van der Waals surface area contributed by atoms with Crippen LogP contribution in [0.1, 0.15) is 21.5 Å². The zero-order valence-electron chi connectivity index (χ0n) is 11.6. The standard InChI is InChI=1S/C15H14N2O4/c1-9-6-10(2)8-11(7-9)16-14-12(15(18)19)4-3-5-13(14)17(20)21/h3-8,16H,1-2H3,(H,18,19). The molecule has 2 aromatic rings. The first-order valence-corrected chi connectivity index (χ1v) is 6.24. The molecular weight excluding hydrogens is 272 g/mol. The summed E-state index contributed by atoms with van der Waals surface area (Å²) >= 11 is 0. The topological polar surface area (TPSA) is 92.5 Å². The third kappa shape index (κ3) is 3.17. The molecule has 0 aliphatic heterocycles. The number of nitrogens with zero attached hydrogens (tertiary/aromatic N) is 1. The molecule has 2 rings (SSSR count). The first-order chi connectivity index (χ1) is 9.88.